The van der Waals surface area contributed by atoms with E-state index in [1.807, 2.05) is 46.8 Å². The third-order valence-electron chi connectivity index (χ3n) is 12.0. The zero-order valence-corrected chi connectivity index (χ0v) is 43.5. The zero-order chi connectivity index (χ0) is 53.1. The number of allylic oxidation sites excluding steroid dienone is 3. The van der Waals surface area contributed by atoms with Crippen LogP contribution in [0.5, 0.6) is 0 Å². The van der Waals surface area contributed by atoms with Gasteiger partial charge in [-0.25, -0.2) is 9.37 Å². The minimum Gasteiger partial charge on any atom is -0.464 e. The molecule has 0 radical (unpaired) electrons. The van der Waals surface area contributed by atoms with Crippen molar-refractivity contribution in [2.45, 2.75) is 75.0 Å². The molecule has 3 aliphatic heterocycles. The van der Waals surface area contributed by atoms with Crippen LogP contribution in [0.4, 0.5) is 5.69 Å². The first-order valence-electron chi connectivity index (χ1n) is 23.8. The normalized spacial score (nSPS) is 17.4. The highest BCUT2D eigenvalue weighted by Crippen LogP contribution is 2.51. The lowest BCUT2D eigenvalue weighted by Crippen LogP contribution is -2.35. The van der Waals surface area contributed by atoms with Crippen LogP contribution >= 0.6 is 0 Å². The molecule has 2 amide bonds. The van der Waals surface area contributed by atoms with E-state index in [1.54, 1.807) is 25.3 Å². The van der Waals surface area contributed by atoms with Crippen molar-refractivity contribution in [3.63, 3.8) is 0 Å². The highest BCUT2D eigenvalue weighted by atomic mass is 32.2. The number of carbonyl (C=O) groups is 3. The van der Waals surface area contributed by atoms with E-state index in [1.165, 1.54) is 18.4 Å². The van der Waals surface area contributed by atoms with Gasteiger partial charge in [0.1, 0.15) is 18.9 Å². The molecule has 1 saturated heterocycles. The van der Waals surface area contributed by atoms with E-state index in [9.17, 15) is 53.3 Å². The predicted octanol–water partition coefficient (Wildman–Crippen LogP) is 3.90. The number of anilines is 1. The number of fused-ring (bicyclic) bond motifs is 2. The smallest absolute Gasteiger partial charge is 0.333 e. The van der Waals surface area contributed by atoms with Gasteiger partial charge in [-0.05, 0) is 80.1 Å². The molecular weight excluding hydrogens is 1020 g/mol. The van der Waals surface area contributed by atoms with Crippen LogP contribution in [-0.4, -0.2) is 159 Å². The average molecular weight is 1090 g/mol. The van der Waals surface area contributed by atoms with Gasteiger partial charge >= 0.3 is 5.97 Å². The summed E-state index contributed by atoms with van der Waals surface area (Å²) < 4.78 is 136. The number of amides is 2. The Hall–Kier alpha value is -4.93. The van der Waals surface area contributed by atoms with Gasteiger partial charge in [0.15, 0.2) is 6.54 Å². The topological polar surface area (TPSA) is 292 Å². The first-order chi connectivity index (χ1) is 34.7. The van der Waals surface area contributed by atoms with Crippen molar-refractivity contribution in [3.05, 3.63) is 83.1 Å². The molecule has 5 rings (SSSR count). The van der Waals surface area contributed by atoms with Crippen molar-refractivity contribution in [1.82, 2.24) is 9.64 Å². The number of nitrogens with zero attached hydrogens (tertiary/aromatic N) is 3. The predicted molar refractivity (Wildman–Crippen MR) is 266 cm³/mol. The average Bonchev–Trinajstić information content (AvgIpc) is 3.76. The molecule has 3 N–H and O–H groups in total. The molecule has 0 saturated carbocycles. The fraction of sp³-hybridized carbons (Fsp3) is 0.542. The largest absolute Gasteiger partial charge is 0.464 e. The van der Waals surface area contributed by atoms with E-state index in [4.69, 9.17) is 32.9 Å². The molecule has 1 aromatic carbocycles. The van der Waals surface area contributed by atoms with E-state index < -0.39 is 65.1 Å². The molecule has 1 fully saturated rings. The third-order valence-corrected chi connectivity index (χ3v) is 14.5. The molecular formula is C48H66N3O19S3+. The van der Waals surface area contributed by atoms with Gasteiger partial charge in [0.25, 0.3) is 42.2 Å². The summed E-state index contributed by atoms with van der Waals surface area (Å²) in [5.41, 5.74) is 2.15. The molecule has 22 nitrogen and oxygen atoms in total. The second-order valence-electron chi connectivity index (χ2n) is 17.4. The van der Waals surface area contributed by atoms with Crippen LogP contribution in [0, 0.1) is 0 Å². The number of benzene rings is 2. The zero-order valence-electron chi connectivity index (χ0n) is 41.1. The number of rotatable bonds is 33. The summed E-state index contributed by atoms with van der Waals surface area (Å²) in [5.74, 6) is -2.39. The molecule has 1 atom stereocenters. The molecule has 1 aromatic rings. The Morgan fingerprint density at radius 1 is 0.753 bits per heavy atom. The molecule has 1 aliphatic carbocycles. The third kappa shape index (κ3) is 18.7. The lowest BCUT2D eigenvalue weighted by atomic mass is 9.77. The van der Waals surface area contributed by atoms with Crippen LogP contribution in [0.3, 0.4) is 0 Å². The van der Waals surface area contributed by atoms with Crippen LogP contribution in [0.2, 0.25) is 0 Å². The first-order valence-corrected chi connectivity index (χ1v) is 28.5. The highest BCUT2D eigenvalue weighted by Gasteiger charge is 2.44. The monoisotopic (exact) mass is 1080 g/mol. The number of hydrogen-bond acceptors (Lipinski definition) is 17. The fourth-order valence-corrected chi connectivity index (χ4v) is 9.92. The lowest BCUT2D eigenvalue weighted by Gasteiger charge is -2.30. The van der Waals surface area contributed by atoms with Crippen molar-refractivity contribution in [2.75, 3.05) is 103 Å². The summed E-state index contributed by atoms with van der Waals surface area (Å²) >= 11 is 0. The Morgan fingerprint density at radius 2 is 1.38 bits per heavy atom. The highest BCUT2D eigenvalue weighted by molar-refractivity contribution is 7.86. The summed E-state index contributed by atoms with van der Waals surface area (Å²) in [4.78, 5) is 42.9. The summed E-state index contributed by atoms with van der Waals surface area (Å²) in [5, 5.41) is 1.20. The maximum atomic E-state index is 12.5. The molecule has 4 aliphatic rings. The molecule has 0 bridgehead atoms. The van der Waals surface area contributed by atoms with Gasteiger partial charge in [-0.1, -0.05) is 18.6 Å². The van der Waals surface area contributed by atoms with Gasteiger partial charge in [0, 0.05) is 67.8 Å². The lowest BCUT2D eigenvalue weighted by molar-refractivity contribution is -0.197. The van der Waals surface area contributed by atoms with E-state index in [0.29, 0.717) is 124 Å². The standard InChI is InChI=1S/C48H65N3O19S3/c1-48(19-7-33-71(55,56)57)41-36-39(73(61,62)63)13-15-42(41)50(21-5-3-4-11-47(54)70-51-45(52)16-17-46(51)53)44(48)10-6-9-37-18-23-69-43-35-38(12-14-40(37)43)49(20-8-34-72(58,59)60)22-24-65-27-28-67-31-32-68-30-29-66-26-25-64-2/h6,9-10,12-15,18,23,35-36H,3-5,7-8,11,16-17,19-22,24-34H2,1-2H3,(H2-,55,56,57,58,59,60,61,62,63)/p+1. The number of carbonyl (C=O) groups excluding carboxylic acids is 3. The van der Waals surface area contributed by atoms with Gasteiger partial charge in [-0.2, -0.15) is 25.3 Å². The fourth-order valence-electron chi connectivity index (χ4n) is 8.41. The van der Waals surface area contributed by atoms with Crippen molar-refractivity contribution in [2.24, 2.45) is 0 Å². The van der Waals surface area contributed by atoms with E-state index >= 15 is 0 Å². The molecule has 3 heterocycles. The summed E-state index contributed by atoms with van der Waals surface area (Å²) in [6.07, 6.45) is 8.46. The maximum absolute atomic E-state index is 12.5. The van der Waals surface area contributed by atoms with Crippen LogP contribution in [0.15, 0.2) is 75.9 Å². The van der Waals surface area contributed by atoms with Crippen LogP contribution < -0.4 is 14.8 Å². The number of imide groups is 1. The van der Waals surface area contributed by atoms with E-state index in [0.717, 1.165) is 5.56 Å². The Labute approximate surface area is 426 Å². The number of methoxy groups -OCH3 is 1. The molecule has 25 heteroatoms. The number of unbranched alkanes of at least 4 members (excludes halogenated alkanes) is 2. The molecule has 1 unspecified atom stereocenters. The Morgan fingerprint density at radius 3 is 2.01 bits per heavy atom. The maximum Gasteiger partial charge on any atom is 0.333 e. The van der Waals surface area contributed by atoms with Gasteiger partial charge in [-0.3, -0.25) is 23.2 Å². The Balaban J connectivity index is 1.35. The van der Waals surface area contributed by atoms with Crippen molar-refractivity contribution in [3.8, 4) is 11.3 Å². The summed E-state index contributed by atoms with van der Waals surface area (Å²) in [6, 6.07) is 11.5. The van der Waals surface area contributed by atoms with Crippen molar-refractivity contribution >= 4 is 59.9 Å². The van der Waals surface area contributed by atoms with Gasteiger partial charge < -0.3 is 37.8 Å². The van der Waals surface area contributed by atoms with Crippen LogP contribution in [-0.2, 0) is 78.7 Å². The molecule has 0 spiro atoms. The Kier molecular flexibility index (Phi) is 22.7. The first kappa shape index (κ1) is 59.0. The summed E-state index contributed by atoms with van der Waals surface area (Å²) in [7, 11) is -11.6. The number of hydroxylamine groups is 2. The number of ether oxygens (including phenoxy) is 5. The summed E-state index contributed by atoms with van der Waals surface area (Å²) in [6.45, 7) is 6.43. The van der Waals surface area contributed by atoms with Crippen molar-refractivity contribution in [1.29, 1.82) is 0 Å². The minimum absolute atomic E-state index is 0.00608. The second kappa shape index (κ2) is 28.1. The van der Waals surface area contributed by atoms with Gasteiger partial charge in [-0.15, -0.1) is 5.06 Å². The quantitative estimate of drug-likeness (QED) is 0.0337. The Bertz CT molecular complexity index is 2780. The van der Waals surface area contributed by atoms with Crippen LogP contribution in [0.1, 0.15) is 75.8 Å². The van der Waals surface area contributed by atoms with Crippen molar-refractivity contribution < 1.29 is 86.2 Å². The second-order valence-corrected chi connectivity index (χ2v) is 22.0. The van der Waals surface area contributed by atoms with Gasteiger partial charge in [0.05, 0.1) is 81.6 Å². The SMILES string of the molecule is COCCOCCOCCOCCOCC[N+](CCCS(=O)(=O)O)=c1ccc2c(/C=C/C=C3/N(CCCCCC(=O)ON4C(=O)CCC4=O)c4ccc(S(=O)(=O)O)cc4C3(C)CCCS(=O)(=O)O)ccoc-2c1. The van der Waals surface area contributed by atoms with E-state index in [2.05, 4.69) is 0 Å². The van der Waals surface area contributed by atoms with Gasteiger partial charge in [0.2, 0.25) is 5.36 Å². The molecule has 73 heavy (non-hydrogen) atoms. The minimum atomic E-state index is -4.65. The van der Waals surface area contributed by atoms with E-state index in [-0.39, 0.29) is 56.6 Å². The molecule has 404 valence electrons. The molecule has 0 aromatic heterocycles. The van der Waals surface area contributed by atoms with Crippen LogP contribution in [0.25, 0.3) is 17.4 Å². The number of hydrogen-bond donors (Lipinski definition) is 3.